The first-order valence-corrected chi connectivity index (χ1v) is 12.9. The molecule has 2 rings (SSSR count). The van der Waals surface area contributed by atoms with Gasteiger partial charge in [0.1, 0.15) is 0 Å². The Morgan fingerprint density at radius 3 is 1.88 bits per heavy atom. The summed E-state index contributed by atoms with van der Waals surface area (Å²) in [6.45, 7) is 19.1. The number of hydrogen-bond acceptors (Lipinski definition) is 0. The number of aryl methyl sites for hydroxylation is 2. The second-order valence-corrected chi connectivity index (χ2v) is 13.2. The van der Waals surface area contributed by atoms with Crippen LogP contribution in [-0.4, -0.2) is 8.07 Å². The molecule has 0 spiro atoms. The molecule has 1 aromatic carbocycles. The molecule has 138 valence electrons. The lowest BCUT2D eigenvalue weighted by Crippen LogP contribution is -2.54. The van der Waals surface area contributed by atoms with Gasteiger partial charge in [0, 0.05) is 5.04 Å². The summed E-state index contributed by atoms with van der Waals surface area (Å²) in [7, 11) is -1.71. The van der Waals surface area contributed by atoms with E-state index in [0.29, 0.717) is 0 Å². The van der Waals surface area contributed by atoms with Crippen molar-refractivity contribution in [3.63, 3.8) is 0 Å². The quantitative estimate of drug-likeness (QED) is 0.464. The molecule has 1 heteroatoms. The van der Waals surface area contributed by atoms with E-state index in [2.05, 4.69) is 79.3 Å². The van der Waals surface area contributed by atoms with Crippen molar-refractivity contribution in [2.45, 2.75) is 91.8 Å². The van der Waals surface area contributed by atoms with E-state index >= 15 is 0 Å². The molecule has 1 aliphatic carbocycles. The number of hydrogen-bond donors (Lipinski definition) is 0. The summed E-state index contributed by atoms with van der Waals surface area (Å²) in [5.74, 6) is 0. The maximum absolute atomic E-state index is 2.66. The Bertz CT molecular complexity index is 672. The van der Waals surface area contributed by atoms with Gasteiger partial charge >= 0.3 is 0 Å². The summed E-state index contributed by atoms with van der Waals surface area (Å²) in [6.07, 6.45) is 7.52. The molecule has 2 unspecified atom stereocenters. The second-order valence-electron chi connectivity index (χ2n) is 8.46. The molecule has 0 radical (unpaired) electrons. The van der Waals surface area contributed by atoms with Gasteiger partial charge in [0.25, 0.3) is 0 Å². The van der Waals surface area contributed by atoms with Crippen LogP contribution in [-0.2, 0) is 12.8 Å². The first kappa shape index (κ1) is 20.2. The molecule has 2 atom stereocenters. The Labute approximate surface area is 157 Å². The number of rotatable bonds is 7. The van der Waals surface area contributed by atoms with Gasteiger partial charge in [-0.25, -0.2) is 0 Å². The van der Waals surface area contributed by atoms with Crippen LogP contribution in [0.2, 0.25) is 17.6 Å². The van der Waals surface area contributed by atoms with Gasteiger partial charge in [-0.3, -0.25) is 0 Å². The minimum absolute atomic E-state index is 0.244. The van der Waals surface area contributed by atoms with Gasteiger partial charge in [0.2, 0.25) is 0 Å². The third kappa shape index (κ3) is 3.45. The van der Waals surface area contributed by atoms with E-state index in [9.17, 15) is 0 Å². The highest BCUT2D eigenvalue weighted by molar-refractivity contribution is 6.94. The van der Waals surface area contributed by atoms with Gasteiger partial charge in [-0.1, -0.05) is 93.7 Å². The van der Waals surface area contributed by atoms with Crippen LogP contribution >= 0.6 is 0 Å². The minimum atomic E-state index is -1.71. The molecule has 25 heavy (non-hydrogen) atoms. The summed E-state index contributed by atoms with van der Waals surface area (Å²) >= 11 is 0. The lowest BCUT2D eigenvalue weighted by molar-refractivity contribution is 0.802. The Morgan fingerprint density at radius 1 is 0.920 bits per heavy atom. The van der Waals surface area contributed by atoms with Crippen LogP contribution in [0.1, 0.15) is 72.4 Å². The molecule has 0 bridgehead atoms. The first-order chi connectivity index (χ1) is 11.7. The molecule has 0 saturated carbocycles. The van der Waals surface area contributed by atoms with Crippen molar-refractivity contribution in [3.05, 3.63) is 52.1 Å². The molecule has 0 nitrogen and oxygen atoms in total. The van der Waals surface area contributed by atoms with Crippen LogP contribution in [0.25, 0.3) is 0 Å². The molecule has 0 fully saturated rings. The summed E-state index contributed by atoms with van der Waals surface area (Å²) in [6, 6.07) is 8.90. The molecule has 0 aliphatic heterocycles. The topological polar surface area (TPSA) is 0 Å². The highest BCUT2D eigenvalue weighted by Gasteiger charge is 2.49. The predicted molar refractivity (Wildman–Crippen MR) is 117 cm³/mol. The van der Waals surface area contributed by atoms with Crippen LogP contribution in [0, 0.1) is 0 Å². The lowest BCUT2D eigenvalue weighted by atomic mass is 10.0. The standard InChI is InChI=1S/C24H38Si/c1-9-12-13-25(8,24(7)17-18(4)19(5)20(24)6)23-15-21(10-2)14-22(11-3)16-23/h14-17H,9-13H2,1-8H3. The van der Waals surface area contributed by atoms with Crippen LogP contribution in [0.15, 0.2) is 41.0 Å². The third-order valence-electron chi connectivity index (χ3n) is 7.12. The zero-order valence-corrected chi connectivity index (χ0v) is 18.8. The molecule has 0 heterocycles. The summed E-state index contributed by atoms with van der Waals surface area (Å²) in [5, 5.41) is 1.92. The zero-order valence-electron chi connectivity index (χ0n) is 17.8. The molecule has 0 aromatic heterocycles. The summed E-state index contributed by atoms with van der Waals surface area (Å²) in [5.41, 5.74) is 7.68. The number of benzene rings is 1. The van der Waals surface area contributed by atoms with Crippen LogP contribution in [0.5, 0.6) is 0 Å². The normalized spacial score (nSPS) is 23.0. The Morgan fingerprint density at radius 2 is 1.48 bits per heavy atom. The van der Waals surface area contributed by atoms with Crippen molar-refractivity contribution < 1.29 is 0 Å². The van der Waals surface area contributed by atoms with E-state index in [1.807, 2.05) is 0 Å². The molecule has 0 saturated heterocycles. The largest absolute Gasteiger partial charge is 0.0976 e. The molecule has 1 aromatic rings. The average Bonchev–Trinajstić information content (AvgIpc) is 2.83. The third-order valence-corrected chi connectivity index (χ3v) is 12.8. The van der Waals surface area contributed by atoms with Gasteiger partial charge in [-0.15, -0.1) is 0 Å². The molecule has 0 N–H and O–H groups in total. The van der Waals surface area contributed by atoms with Gasteiger partial charge < -0.3 is 0 Å². The summed E-state index contributed by atoms with van der Waals surface area (Å²) in [4.78, 5) is 0. The van der Waals surface area contributed by atoms with Crippen LogP contribution < -0.4 is 5.19 Å². The Hall–Kier alpha value is -1.08. The van der Waals surface area contributed by atoms with Crippen molar-refractivity contribution in [2.24, 2.45) is 0 Å². The SMILES string of the molecule is CCCC[Si](C)(c1cc(CC)cc(CC)c1)C1(C)C=C(C)C(C)=C1C. The molecular weight excluding hydrogens is 316 g/mol. The first-order valence-electron chi connectivity index (χ1n) is 10.2. The van der Waals surface area contributed by atoms with E-state index < -0.39 is 8.07 Å². The van der Waals surface area contributed by atoms with Crippen molar-refractivity contribution in [3.8, 4) is 0 Å². The van der Waals surface area contributed by atoms with Crippen molar-refractivity contribution in [2.75, 3.05) is 0 Å². The van der Waals surface area contributed by atoms with Crippen LogP contribution in [0.3, 0.4) is 0 Å². The predicted octanol–water partition coefficient (Wildman–Crippen LogP) is 6.95. The van der Waals surface area contributed by atoms with E-state index in [4.69, 9.17) is 0 Å². The molecule has 0 amide bonds. The van der Waals surface area contributed by atoms with E-state index in [0.717, 1.165) is 12.8 Å². The Balaban J connectivity index is 2.68. The highest BCUT2D eigenvalue weighted by Crippen LogP contribution is 2.54. The van der Waals surface area contributed by atoms with E-state index in [1.54, 1.807) is 10.8 Å². The number of allylic oxidation sites excluding steroid dienone is 4. The summed E-state index contributed by atoms with van der Waals surface area (Å²) < 4.78 is 0. The van der Waals surface area contributed by atoms with Gasteiger partial charge in [0.05, 0.1) is 8.07 Å². The smallest absolute Gasteiger partial charge is 0.0737 e. The molecular formula is C24H38Si. The fourth-order valence-corrected chi connectivity index (χ4v) is 9.66. The highest BCUT2D eigenvalue weighted by atomic mass is 28.3. The maximum Gasteiger partial charge on any atom is 0.0976 e. The minimum Gasteiger partial charge on any atom is -0.0737 e. The lowest BCUT2D eigenvalue weighted by Gasteiger charge is -2.44. The maximum atomic E-state index is 2.66. The van der Waals surface area contributed by atoms with Crippen molar-refractivity contribution >= 4 is 13.3 Å². The monoisotopic (exact) mass is 354 g/mol. The van der Waals surface area contributed by atoms with Gasteiger partial charge in [-0.2, -0.15) is 0 Å². The fourth-order valence-electron chi connectivity index (χ4n) is 4.63. The number of unbranched alkanes of at least 4 members (excludes halogenated alkanes) is 1. The molecule has 1 aliphatic rings. The van der Waals surface area contributed by atoms with Crippen molar-refractivity contribution in [1.29, 1.82) is 0 Å². The second kappa shape index (κ2) is 7.66. The van der Waals surface area contributed by atoms with Crippen LogP contribution in [0.4, 0.5) is 0 Å². The fraction of sp³-hybridized carbons (Fsp3) is 0.583. The van der Waals surface area contributed by atoms with Gasteiger partial charge in [-0.05, 0) is 50.3 Å². The van der Waals surface area contributed by atoms with Gasteiger partial charge in [0.15, 0.2) is 0 Å². The Kier molecular flexibility index (Phi) is 6.20. The zero-order chi connectivity index (χ0) is 18.8. The average molecular weight is 355 g/mol. The van der Waals surface area contributed by atoms with Crippen molar-refractivity contribution in [1.82, 2.24) is 0 Å². The van der Waals surface area contributed by atoms with E-state index in [-0.39, 0.29) is 5.04 Å². The van der Waals surface area contributed by atoms with E-state index in [1.165, 1.54) is 41.2 Å².